The van der Waals surface area contributed by atoms with E-state index in [4.69, 9.17) is 0 Å². The van der Waals surface area contributed by atoms with E-state index in [1.54, 1.807) is 0 Å². The highest BCUT2D eigenvalue weighted by Crippen LogP contribution is 2.32. The molecule has 3 rings (SSSR count). The molecule has 18 heavy (non-hydrogen) atoms. The predicted molar refractivity (Wildman–Crippen MR) is 75.4 cm³/mol. The van der Waals surface area contributed by atoms with Gasteiger partial charge in [0, 0.05) is 31.2 Å². The monoisotopic (exact) mass is 242 g/mol. The SMILES string of the molecule is C=CCC1NCC2CCC1N2Cc1ccccc1. The topological polar surface area (TPSA) is 15.3 Å². The minimum Gasteiger partial charge on any atom is -0.311 e. The van der Waals surface area contributed by atoms with Gasteiger partial charge in [-0.2, -0.15) is 0 Å². The highest BCUT2D eigenvalue weighted by Gasteiger charge is 2.41. The van der Waals surface area contributed by atoms with Crippen LogP contribution in [0.1, 0.15) is 24.8 Å². The fourth-order valence-electron chi connectivity index (χ4n) is 3.50. The molecule has 1 aromatic carbocycles. The normalized spacial score (nSPS) is 31.4. The number of hydrogen-bond donors (Lipinski definition) is 1. The maximum Gasteiger partial charge on any atom is 0.0259 e. The van der Waals surface area contributed by atoms with E-state index in [9.17, 15) is 0 Å². The van der Waals surface area contributed by atoms with E-state index in [0.29, 0.717) is 12.1 Å². The zero-order chi connectivity index (χ0) is 12.4. The van der Waals surface area contributed by atoms with Crippen LogP contribution in [0.4, 0.5) is 0 Å². The van der Waals surface area contributed by atoms with Crippen LogP contribution in [0.3, 0.4) is 0 Å². The molecular formula is C16H22N2. The first-order valence-corrected chi connectivity index (χ1v) is 7.02. The molecule has 2 aliphatic rings. The Balaban J connectivity index is 1.73. The van der Waals surface area contributed by atoms with E-state index >= 15 is 0 Å². The summed E-state index contributed by atoms with van der Waals surface area (Å²) in [6.07, 6.45) is 5.82. The van der Waals surface area contributed by atoms with Crippen LogP contribution in [-0.2, 0) is 6.54 Å². The molecule has 0 radical (unpaired) electrons. The number of fused-ring (bicyclic) bond motifs is 2. The summed E-state index contributed by atoms with van der Waals surface area (Å²) in [5, 5.41) is 3.68. The van der Waals surface area contributed by atoms with Crippen molar-refractivity contribution in [2.75, 3.05) is 6.54 Å². The predicted octanol–water partition coefficient (Wildman–Crippen LogP) is 2.57. The number of benzene rings is 1. The van der Waals surface area contributed by atoms with Crippen molar-refractivity contribution in [2.24, 2.45) is 0 Å². The Bertz CT molecular complexity index is 401. The van der Waals surface area contributed by atoms with Crippen molar-refractivity contribution >= 4 is 0 Å². The van der Waals surface area contributed by atoms with E-state index in [0.717, 1.165) is 25.6 Å². The first-order chi connectivity index (χ1) is 8.88. The van der Waals surface area contributed by atoms with Crippen molar-refractivity contribution in [3.63, 3.8) is 0 Å². The summed E-state index contributed by atoms with van der Waals surface area (Å²) in [5.74, 6) is 0. The molecule has 1 aromatic rings. The minimum atomic E-state index is 0.602. The molecule has 0 aromatic heterocycles. The average Bonchev–Trinajstić information content (AvgIpc) is 2.67. The third-order valence-corrected chi connectivity index (χ3v) is 4.40. The Kier molecular flexibility index (Phi) is 3.48. The molecule has 0 aliphatic carbocycles. The van der Waals surface area contributed by atoms with Gasteiger partial charge in [0.05, 0.1) is 0 Å². The quantitative estimate of drug-likeness (QED) is 0.816. The Hall–Kier alpha value is -1.12. The zero-order valence-corrected chi connectivity index (χ0v) is 10.9. The molecule has 2 bridgehead atoms. The van der Waals surface area contributed by atoms with Crippen LogP contribution in [0.25, 0.3) is 0 Å². The molecule has 1 N–H and O–H groups in total. The molecule has 0 saturated carbocycles. The van der Waals surface area contributed by atoms with E-state index in [2.05, 4.69) is 53.2 Å². The lowest BCUT2D eigenvalue weighted by Crippen LogP contribution is -2.57. The van der Waals surface area contributed by atoms with Crippen LogP contribution in [-0.4, -0.2) is 29.6 Å². The van der Waals surface area contributed by atoms with Gasteiger partial charge in [-0.15, -0.1) is 6.58 Å². The van der Waals surface area contributed by atoms with Crippen molar-refractivity contribution in [3.8, 4) is 0 Å². The molecule has 3 atom stereocenters. The Morgan fingerprint density at radius 3 is 2.89 bits per heavy atom. The highest BCUT2D eigenvalue weighted by atomic mass is 15.3. The molecule has 2 heteroatoms. The molecule has 0 amide bonds. The number of rotatable bonds is 4. The van der Waals surface area contributed by atoms with Crippen LogP contribution < -0.4 is 5.32 Å². The zero-order valence-electron chi connectivity index (χ0n) is 10.9. The van der Waals surface area contributed by atoms with Gasteiger partial charge in [0.15, 0.2) is 0 Å². The fraction of sp³-hybridized carbons (Fsp3) is 0.500. The Morgan fingerprint density at radius 2 is 2.11 bits per heavy atom. The third kappa shape index (κ3) is 2.23. The number of hydrogen-bond acceptors (Lipinski definition) is 2. The molecule has 2 aliphatic heterocycles. The lowest BCUT2D eigenvalue weighted by atomic mass is 10.0. The smallest absolute Gasteiger partial charge is 0.0259 e. The van der Waals surface area contributed by atoms with Crippen molar-refractivity contribution in [2.45, 2.75) is 43.9 Å². The molecule has 2 fully saturated rings. The minimum absolute atomic E-state index is 0.602. The molecule has 0 spiro atoms. The number of piperazine rings is 1. The van der Waals surface area contributed by atoms with Crippen molar-refractivity contribution < 1.29 is 0 Å². The van der Waals surface area contributed by atoms with Gasteiger partial charge >= 0.3 is 0 Å². The molecule has 2 nitrogen and oxygen atoms in total. The lowest BCUT2D eigenvalue weighted by molar-refractivity contribution is 0.109. The summed E-state index contributed by atoms with van der Waals surface area (Å²) >= 11 is 0. The first kappa shape index (κ1) is 11.9. The second kappa shape index (κ2) is 5.25. The molecular weight excluding hydrogens is 220 g/mol. The first-order valence-electron chi connectivity index (χ1n) is 7.02. The number of nitrogens with zero attached hydrogens (tertiary/aromatic N) is 1. The standard InChI is InChI=1S/C16H22N2/c1-2-6-15-16-10-9-14(11-17-15)18(16)12-13-7-4-3-5-8-13/h2-5,7-8,14-17H,1,6,9-12H2. The Labute approximate surface area is 110 Å². The molecule has 3 unspecified atom stereocenters. The average molecular weight is 242 g/mol. The maximum atomic E-state index is 3.89. The van der Waals surface area contributed by atoms with E-state index in [1.165, 1.54) is 18.4 Å². The summed E-state index contributed by atoms with van der Waals surface area (Å²) in [6.45, 7) is 6.13. The van der Waals surface area contributed by atoms with Crippen LogP contribution in [0, 0.1) is 0 Å². The van der Waals surface area contributed by atoms with Gasteiger partial charge in [-0.05, 0) is 24.8 Å². The van der Waals surface area contributed by atoms with Crippen molar-refractivity contribution in [3.05, 3.63) is 48.6 Å². The molecule has 2 heterocycles. The van der Waals surface area contributed by atoms with Crippen LogP contribution in [0.15, 0.2) is 43.0 Å². The molecule has 2 saturated heterocycles. The van der Waals surface area contributed by atoms with Crippen LogP contribution >= 0.6 is 0 Å². The second-order valence-electron chi connectivity index (χ2n) is 5.50. The van der Waals surface area contributed by atoms with Crippen LogP contribution in [0.2, 0.25) is 0 Å². The summed E-state index contributed by atoms with van der Waals surface area (Å²) in [4.78, 5) is 2.71. The van der Waals surface area contributed by atoms with Gasteiger partial charge in [0.1, 0.15) is 0 Å². The summed E-state index contributed by atoms with van der Waals surface area (Å²) < 4.78 is 0. The van der Waals surface area contributed by atoms with Gasteiger partial charge in [-0.3, -0.25) is 4.90 Å². The van der Waals surface area contributed by atoms with E-state index < -0.39 is 0 Å². The van der Waals surface area contributed by atoms with Gasteiger partial charge in [-0.1, -0.05) is 36.4 Å². The van der Waals surface area contributed by atoms with Crippen molar-refractivity contribution in [1.29, 1.82) is 0 Å². The Morgan fingerprint density at radius 1 is 1.28 bits per heavy atom. The van der Waals surface area contributed by atoms with Gasteiger partial charge in [0.25, 0.3) is 0 Å². The molecule has 96 valence electrons. The van der Waals surface area contributed by atoms with Crippen molar-refractivity contribution in [1.82, 2.24) is 10.2 Å². The van der Waals surface area contributed by atoms with Gasteiger partial charge in [-0.25, -0.2) is 0 Å². The van der Waals surface area contributed by atoms with Gasteiger partial charge in [0.2, 0.25) is 0 Å². The highest BCUT2D eigenvalue weighted by molar-refractivity contribution is 5.16. The third-order valence-electron chi connectivity index (χ3n) is 4.40. The summed E-state index contributed by atoms with van der Waals surface area (Å²) in [6, 6.07) is 12.9. The summed E-state index contributed by atoms with van der Waals surface area (Å²) in [5.41, 5.74) is 1.44. The largest absolute Gasteiger partial charge is 0.311 e. The maximum absolute atomic E-state index is 3.89. The van der Waals surface area contributed by atoms with E-state index in [1.807, 2.05) is 0 Å². The van der Waals surface area contributed by atoms with Gasteiger partial charge < -0.3 is 5.32 Å². The van der Waals surface area contributed by atoms with E-state index in [-0.39, 0.29) is 0 Å². The fourth-order valence-corrected chi connectivity index (χ4v) is 3.50. The summed E-state index contributed by atoms with van der Waals surface area (Å²) in [7, 11) is 0. The second-order valence-corrected chi connectivity index (χ2v) is 5.50. The lowest BCUT2D eigenvalue weighted by Gasteiger charge is -2.40. The number of nitrogens with one attached hydrogen (secondary N) is 1. The van der Waals surface area contributed by atoms with Crippen LogP contribution in [0.5, 0.6) is 0 Å².